The van der Waals surface area contributed by atoms with Crippen molar-refractivity contribution in [3.05, 3.63) is 45.1 Å². The maximum atomic E-state index is 9.07. The number of benzene rings is 1. The standard InChI is InChI=1S/C12H8N4S2/c13-4-8-2-1-3-10-11(8)15-12(17)16(10)5-9-6-18-7-14-9/h1-3,6-7H,5H2,(H,15,17). The Kier molecular flexibility index (Phi) is 2.70. The van der Waals surface area contributed by atoms with Gasteiger partial charge >= 0.3 is 0 Å². The number of hydrogen-bond donors (Lipinski definition) is 1. The lowest BCUT2D eigenvalue weighted by atomic mass is 10.2. The van der Waals surface area contributed by atoms with Gasteiger partial charge in [0.1, 0.15) is 6.07 Å². The van der Waals surface area contributed by atoms with Crippen molar-refractivity contribution in [3.63, 3.8) is 0 Å². The van der Waals surface area contributed by atoms with E-state index in [-0.39, 0.29) is 0 Å². The molecule has 0 unspecified atom stereocenters. The summed E-state index contributed by atoms with van der Waals surface area (Å²) in [6.07, 6.45) is 0. The van der Waals surface area contributed by atoms with E-state index >= 15 is 0 Å². The summed E-state index contributed by atoms with van der Waals surface area (Å²) in [5.41, 5.74) is 5.11. The predicted molar refractivity (Wildman–Crippen MR) is 73.1 cm³/mol. The Bertz CT molecular complexity index is 790. The number of imidazole rings is 1. The van der Waals surface area contributed by atoms with E-state index in [1.807, 2.05) is 22.1 Å². The molecule has 3 aromatic rings. The van der Waals surface area contributed by atoms with Gasteiger partial charge in [0.15, 0.2) is 4.77 Å². The van der Waals surface area contributed by atoms with Gasteiger partial charge in [-0.2, -0.15) is 5.26 Å². The maximum absolute atomic E-state index is 9.07. The number of rotatable bonds is 2. The Balaban J connectivity index is 2.21. The van der Waals surface area contributed by atoms with Crippen LogP contribution >= 0.6 is 23.6 Å². The normalized spacial score (nSPS) is 10.6. The third kappa shape index (κ3) is 1.74. The predicted octanol–water partition coefficient (Wildman–Crippen LogP) is 3.08. The van der Waals surface area contributed by atoms with Gasteiger partial charge in [-0.3, -0.25) is 0 Å². The first-order valence-corrected chi connectivity index (χ1v) is 6.63. The van der Waals surface area contributed by atoms with Crippen LogP contribution in [0, 0.1) is 16.1 Å². The second kappa shape index (κ2) is 4.37. The zero-order valence-corrected chi connectivity index (χ0v) is 10.9. The molecule has 0 aliphatic heterocycles. The Hall–Kier alpha value is -1.97. The summed E-state index contributed by atoms with van der Waals surface area (Å²) in [6, 6.07) is 7.76. The minimum Gasteiger partial charge on any atom is -0.329 e. The molecule has 0 saturated carbocycles. The van der Waals surface area contributed by atoms with Crippen molar-refractivity contribution in [2.45, 2.75) is 6.54 Å². The van der Waals surface area contributed by atoms with E-state index in [2.05, 4.69) is 16.0 Å². The number of hydrogen-bond acceptors (Lipinski definition) is 4. The molecular formula is C12H8N4S2. The van der Waals surface area contributed by atoms with Gasteiger partial charge in [0.25, 0.3) is 0 Å². The largest absolute Gasteiger partial charge is 0.329 e. The molecule has 3 rings (SSSR count). The van der Waals surface area contributed by atoms with Crippen LogP contribution < -0.4 is 0 Å². The van der Waals surface area contributed by atoms with Gasteiger partial charge in [-0.1, -0.05) is 6.07 Å². The van der Waals surface area contributed by atoms with Crippen molar-refractivity contribution >= 4 is 34.6 Å². The summed E-state index contributed by atoms with van der Waals surface area (Å²) >= 11 is 6.87. The molecule has 0 aliphatic rings. The summed E-state index contributed by atoms with van der Waals surface area (Å²) in [5.74, 6) is 0. The third-order valence-electron chi connectivity index (χ3n) is 2.73. The molecule has 4 nitrogen and oxygen atoms in total. The van der Waals surface area contributed by atoms with Gasteiger partial charge in [0.05, 0.1) is 34.3 Å². The first kappa shape index (κ1) is 11.1. The highest BCUT2D eigenvalue weighted by Gasteiger charge is 2.08. The number of para-hydroxylation sites is 1. The molecule has 0 fully saturated rings. The topological polar surface area (TPSA) is 57.4 Å². The average Bonchev–Trinajstić information content (AvgIpc) is 2.99. The molecule has 0 saturated heterocycles. The Morgan fingerprint density at radius 3 is 3.11 bits per heavy atom. The molecule has 6 heteroatoms. The van der Waals surface area contributed by atoms with Gasteiger partial charge in [-0.05, 0) is 24.4 Å². The summed E-state index contributed by atoms with van der Waals surface area (Å²) < 4.78 is 2.57. The van der Waals surface area contributed by atoms with E-state index in [4.69, 9.17) is 17.5 Å². The fraction of sp³-hybridized carbons (Fsp3) is 0.0833. The molecule has 1 aromatic carbocycles. The number of fused-ring (bicyclic) bond motifs is 1. The van der Waals surface area contributed by atoms with Crippen molar-refractivity contribution in [1.82, 2.24) is 14.5 Å². The van der Waals surface area contributed by atoms with Crippen LogP contribution in [0.25, 0.3) is 11.0 Å². The lowest BCUT2D eigenvalue weighted by Gasteiger charge is -2.01. The first-order chi connectivity index (χ1) is 8.79. The Labute approximate surface area is 112 Å². The zero-order valence-electron chi connectivity index (χ0n) is 9.25. The van der Waals surface area contributed by atoms with E-state index in [0.29, 0.717) is 16.9 Å². The minimum atomic E-state index is 0.607. The lowest BCUT2D eigenvalue weighted by Crippen LogP contribution is -1.99. The van der Waals surface area contributed by atoms with E-state index < -0.39 is 0 Å². The highest BCUT2D eigenvalue weighted by Crippen LogP contribution is 2.19. The first-order valence-electron chi connectivity index (χ1n) is 5.28. The average molecular weight is 272 g/mol. The van der Waals surface area contributed by atoms with Crippen LogP contribution in [0.2, 0.25) is 0 Å². The number of thiazole rings is 1. The van der Waals surface area contributed by atoms with E-state index in [9.17, 15) is 0 Å². The molecule has 18 heavy (non-hydrogen) atoms. The van der Waals surface area contributed by atoms with Crippen LogP contribution in [0.15, 0.2) is 29.1 Å². The van der Waals surface area contributed by atoms with Gasteiger partial charge in [-0.25, -0.2) is 4.98 Å². The van der Waals surface area contributed by atoms with Gasteiger partial charge in [0.2, 0.25) is 0 Å². The summed E-state index contributed by atoms with van der Waals surface area (Å²) in [6.45, 7) is 0.622. The number of aromatic amines is 1. The maximum Gasteiger partial charge on any atom is 0.178 e. The van der Waals surface area contributed by atoms with E-state index in [0.717, 1.165) is 16.7 Å². The fourth-order valence-corrected chi connectivity index (χ4v) is 2.72. The van der Waals surface area contributed by atoms with Crippen molar-refractivity contribution in [1.29, 1.82) is 5.26 Å². The van der Waals surface area contributed by atoms with Crippen molar-refractivity contribution in [3.8, 4) is 6.07 Å². The van der Waals surface area contributed by atoms with Gasteiger partial charge in [-0.15, -0.1) is 11.3 Å². The molecule has 1 N–H and O–H groups in total. The zero-order chi connectivity index (χ0) is 12.5. The van der Waals surface area contributed by atoms with Crippen LogP contribution in [0.5, 0.6) is 0 Å². The summed E-state index contributed by atoms with van der Waals surface area (Å²) in [7, 11) is 0. The van der Waals surface area contributed by atoms with Crippen LogP contribution in [-0.4, -0.2) is 14.5 Å². The molecule has 2 heterocycles. The molecule has 88 valence electrons. The highest BCUT2D eigenvalue weighted by atomic mass is 32.1. The molecule has 0 amide bonds. The van der Waals surface area contributed by atoms with Crippen LogP contribution in [0.1, 0.15) is 11.3 Å². The monoisotopic (exact) mass is 272 g/mol. The van der Waals surface area contributed by atoms with Crippen molar-refractivity contribution < 1.29 is 0 Å². The molecule has 2 aromatic heterocycles. The quantitative estimate of drug-likeness (QED) is 0.729. The third-order valence-corrected chi connectivity index (χ3v) is 3.69. The molecule has 0 radical (unpaired) electrons. The smallest absolute Gasteiger partial charge is 0.178 e. The van der Waals surface area contributed by atoms with Crippen LogP contribution in [0.3, 0.4) is 0 Å². The van der Waals surface area contributed by atoms with Crippen molar-refractivity contribution in [2.24, 2.45) is 0 Å². The lowest BCUT2D eigenvalue weighted by molar-refractivity contribution is 0.791. The minimum absolute atomic E-state index is 0.607. The molecule has 0 atom stereocenters. The van der Waals surface area contributed by atoms with E-state index in [1.165, 1.54) is 0 Å². The molecule has 0 spiro atoms. The number of nitrogens with zero attached hydrogens (tertiary/aromatic N) is 3. The number of nitriles is 1. The van der Waals surface area contributed by atoms with Gasteiger partial charge in [0, 0.05) is 5.38 Å². The van der Waals surface area contributed by atoms with E-state index in [1.54, 1.807) is 22.9 Å². The Morgan fingerprint density at radius 1 is 1.50 bits per heavy atom. The molecular weight excluding hydrogens is 264 g/mol. The number of nitrogens with one attached hydrogen (secondary N) is 1. The fourth-order valence-electron chi connectivity index (χ4n) is 1.91. The second-order valence-corrected chi connectivity index (χ2v) is 4.91. The van der Waals surface area contributed by atoms with Crippen LogP contribution in [0.4, 0.5) is 0 Å². The molecule has 0 bridgehead atoms. The van der Waals surface area contributed by atoms with Gasteiger partial charge < -0.3 is 9.55 Å². The molecule has 0 aliphatic carbocycles. The van der Waals surface area contributed by atoms with Crippen LogP contribution in [-0.2, 0) is 6.54 Å². The summed E-state index contributed by atoms with van der Waals surface area (Å²) in [4.78, 5) is 7.34. The highest BCUT2D eigenvalue weighted by molar-refractivity contribution is 7.71. The SMILES string of the molecule is N#Cc1cccc2c1[nH]c(=S)n2Cc1cscn1. The second-order valence-electron chi connectivity index (χ2n) is 3.81. The Morgan fingerprint density at radius 2 is 2.39 bits per heavy atom. The van der Waals surface area contributed by atoms with Crippen molar-refractivity contribution in [2.75, 3.05) is 0 Å². The summed E-state index contributed by atoms with van der Waals surface area (Å²) in [5, 5.41) is 11.1. The number of H-pyrrole nitrogens is 1. The number of aromatic nitrogens is 3.